The van der Waals surface area contributed by atoms with Gasteiger partial charge in [0.25, 0.3) is 5.91 Å². The van der Waals surface area contributed by atoms with Gasteiger partial charge in [0.15, 0.2) is 0 Å². The van der Waals surface area contributed by atoms with Crippen molar-refractivity contribution in [3.63, 3.8) is 0 Å². The summed E-state index contributed by atoms with van der Waals surface area (Å²) in [5.74, 6) is 0.0559. The Labute approximate surface area is 189 Å². The van der Waals surface area contributed by atoms with Crippen LogP contribution in [0.25, 0.3) is 5.57 Å². The number of benzene rings is 1. The summed E-state index contributed by atoms with van der Waals surface area (Å²) >= 11 is 0. The summed E-state index contributed by atoms with van der Waals surface area (Å²) < 4.78 is 0. The van der Waals surface area contributed by atoms with Crippen LogP contribution in [-0.2, 0) is 13.0 Å². The number of carbonyl (C=O) groups excluding carboxylic acids is 1. The standard InChI is InChI=1S/C26H32N4O2/c1-16-17(2)22-15-30(24-6-4-5-7-25(24)31)26(32)21(22)11-19(16)10-18-8-9-23(29-13-18)20(12-27)14-28-3/h8-9,11-14,24-25,31H,4-7,10,15,27H2,1-3H3/t24-,25-/m0/s1. The van der Waals surface area contributed by atoms with Crippen LogP contribution in [0.4, 0.5) is 0 Å². The third-order valence-electron chi connectivity index (χ3n) is 7.02. The lowest BCUT2D eigenvalue weighted by Gasteiger charge is -2.35. The first kappa shape index (κ1) is 22.2. The van der Waals surface area contributed by atoms with Crippen molar-refractivity contribution in [3.8, 4) is 0 Å². The Hall–Kier alpha value is -2.99. The number of rotatable bonds is 5. The minimum atomic E-state index is -0.419. The highest BCUT2D eigenvalue weighted by molar-refractivity contribution is 6.08. The summed E-state index contributed by atoms with van der Waals surface area (Å²) in [6.45, 7) is 4.84. The van der Waals surface area contributed by atoms with Crippen molar-refractivity contribution in [1.29, 1.82) is 0 Å². The number of aliphatic hydroxyl groups is 1. The first-order chi connectivity index (χ1) is 15.4. The van der Waals surface area contributed by atoms with Crippen LogP contribution in [0.3, 0.4) is 0 Å². The summed E-state index contributed by atoms with van der Waals surface area (Å²) in [5.41, 5.74) is 13.7. The molecule has 1 aromatic heterocycles. The van der Waals surface area contributed by atoms with Gasteiger partial charge in [0, 0.05) is 43.3 Å². The van der Waals surface area contributed by atoms with Gasteiger partial charge in [0.1, 0.15) is 0 Å². The van der Waals surface area contributed by atoms with Crippen molar-refractivity contribution < 1.29 is 9.90 Å². The SMILES string of the molecule is CN=CC(=CN)c1ccc(Cc2cc3c(c(C)c2C)CN([C@H]2CCCC[C@@H]2O)C3=O)cn1. The quantitative estimate of drug-likeness (QED) is 0.707. The van der Waals surface area contributed by atoms with Crippen LogP contribution >= 0.6 is 0 Å². The van der Waals surface area contributed by atoms with Gasteiger partial charge >= 0.3 is 0 Å². The molecule has 2 aliphatic rings. The number of aliphatic imine (C=N–C) groups is 1. The van der Waals surface area contributed by atoms with E-state index in [2.05, 4.69) is 29.9 Å². The first-order valence-corrected chi connectivity index (χ1v) is 11.3. The second kappa shape index (κ2) is 9.25. The van der Waals surface area contributed by atoms with Crippen molar-refractivity contribution in [1.82, 2.24) is 9.88 Å². The minimum absolute atomic E-state index is 0.0559. The predicted molar refractivity (Wildman–Crippen MR) is 128 cm³/mol. The third kappa shape index (κ3) is 4.07. The van der Waals surface area contributed by atoms with E-state index in [1.165, 1.54) is 17.3 Å². The number of hydrogen-bond donors (Lipinski definition) is 2. The summed E-state index contributed by atoms with van der Waals surface area (Å²) in [4.78, 5) is 23.8. The van der Waals surface area contributed by atoms with Crippen LogP contribution in [-0.4, -0.2) is 46.3 Å². The summed E-state index contributed by atoms with van der Waals surface area (Å²) in [6.07, 6.45) is 9.11. The van der Waals surface area contributed by atoms with Gasteiger partial charge in [0.05, 0.1) is 17.8 Å². The van der Waals surface area contributed by atoms with Crippen molar-refractivity contribution in [2.24, 2.45) is 10.7 Å². The largest absolute Gasteiger partial charge is 0.404 e. The maximum Gasteiger partial charge on any atom is 0.254 e. The van der Waals surface area contributed by atoms with E-state index in [1.807, 2.05) is 23.2 Å². The van der Waals surface area contributed by atoms with Crippen LogP contribution in [0.5, 0.6) is 0 Å². The van der Waals surface area contributed by atoms with E-state index in [1.54, 1.807) is 13.3 Å². The van der Waals surface area contributed by atoms with Gasteiger partial charge in [-0.3, -0.25) is 14.8 Å². The zero-order valence-corrected chi connectivity index (χ0v) is 19.1. The predicted octanol–water partition coefficient (Wildman–Crippen LogP) is 3.55. The number of aliphatic hydroxyl groups excluding tert-OH is 1. The number of nitrogens with two attached hydrogens (primary N) is 1. The lowest BCUT2D eigenvalue weighted by Crippen LogP contribution is -2.45. The van der Waals surface area contributed by atoms with Gasteiger partial charge in [-0.15, -0.1) is 0 Å². The van der Waals surface area contributed by atoms with E-state index in [4.69, 9.17) is 5.73 Å². The number of allylic oxidation sites excluding steroid dienone is 1. The molecule has 168 valence electrons. The monoisotopic (exact) mass is 432 g/mol. The topological polar surface area (TPSA) is 91.8 Å². The molecule has 1 aliphatic heterocycles. The Morgan fingerprint density at radius 3 is 2.72 bits per heavy atom. The molecule has 4 rings (SSSR count). The molecule has 1 amide bonds. The molecule has 0 spiro atoms. The molecular weight excluding hydrogens is 400 g/mol. The van der Waals surface area contributed by atoms with Gasteiger partial charge < -0.3 is 15.7 Å². The van der Waals surface area contributed by atoms with Gasteiger partial charge in [-0.2, -0.15) is 0 Å². The van der Waals surface area contributed by atoms with Crippen molar-refractivity contribution >= 4 is 17.7 Å². The van der Waals surface area contributed by atoms with Crippen LogP contribution in [0.2, 0.25) is 0 Å². The average molecular weight is 433 g/mol. The van der Waals surface area contributed by atoms with Crippen LogP contribution < -0.4 is 5.73 Å². The Balaban J connectivity index is 1.59. The molecule has 6 heteroatoms. The van der Waals surface area contributed by atoms with Gasteiger partial charge in [0.2, 0.25) is 0 Å². The van der Waals surface area contributed by atoms with E-state index < -0.39 is 6.10 Å². The lowest BCUT2D eigenvalue weighted by atomic mass is 9.91. The van der Waals surface area contributed by atoms with Gasteiger partial charge in [-0.1, -0.05) is 18.9 Å². The number of nitrogens with zero attached hydrogens (tertiary/aromatic N) is 3. The molecule has 1 fully saturated rings. The number of amides is 1. The van der Waals surface area contributed by atoms with Crippen LogP contribution in [0.1, 0.15) is 69.6 Å². The van der Waals surface area contributed by atoms with E-state index in [-0.39, 0.29) is 11.9 Å². The van der Waals surface area contributed by atoms with Gasteiger partial charge in [-0.25, -0.2) is 0 Å². The first-order valence-electron chi connectivity index (χ1n) is 11.3. The molecule has 1 aliphatic carbocycles. The molecule has 0 bridgehead atoms. The fraction of sp³-hybridized carbons (Fsp3) is 0.423. The summed E-state index contributed by atoms with van der Waals surface area (Å²) in [5, 5.41) is 10.5. The highest BCUT2D eigenvalue weighted by Crippen LogP contribution is 2.35. The fourth-order valence-corrected chi connectivity index (χ4v) is 4.99. The number of carbonyl (C=O) groups is 1. The number of hydrogen-bond acceptors (Lipinski definition) is 5. The molecule has 6 nitrogen and oxygen atoms in total. The van der Waals surface area contributed by atoms with Crippen molar-refractivity contribution in [3.05, 3.63) is 69.7 Å². The molecule has 0 radical (unpaired) electrons. The maximum atomic E-state index is 13.3. The van der Waals surface area contributed by atoms with E-state index in [0.29, 0.717) is 13.0 Å². The minimum Gasteiger partial charge on any atom is -0.404 e. The highest BCUT2D eigenvalue weighted by Gasteiger charge is 2.38. The highest BCUT2D eigenvalue weighted by atomic mass is 16.3. The Bertz CT molecular complexity index is 1070. The van der Waals surface area contributed by atoms with Crippen molar-refractivity contribution in [2.45, 2.75) is 64.6 Å². The molecule has 1 saturated carbocycles. The van der Waals surface area contributed by atoms with E-state index in [0.717, 1.165) is 59.2 Å². The molecule has 0 saturated heterocycles. The molecule has 0 unspecified atom stereocenters. The van der Waals surface area contributed by atoms with E-state index >= 15 is 0 Å². The lowest BCUT2D eigenvalue weighted by molar-refractivity contribution is 0.0191. The van der Waals surface area contributed by atoms with Gasteiger partial charge in [-0.05, 0) is 73.1 Å². The summed E-state index contributed by atoms with van der Waals surface area (Å²) in [6, 6.07) is 5.98. The van der Waals surface area contributed by atoms with Crippen LogP contribution in [0.15, 0.2) is 35.6 Å². The Kier molecular flexibility index (Phi) is 6.42. The smallest absolute Gasteiger partial charge is 0.254 e. The summed E-state index contributed by atoms with van der Waals surface area (Å²) in [7, 11) is 1.70. The molecule has 1 aromatic carbocycles. The normalized spacial score (nSPS) is 21.4. The molecule has 32 heavy (non-hydrogen) atoms. The molecule has 3 N–H and O–H groups in total. The third-order valence-corrected chi connectivity index (χ3v) is 7.02. The van der Waals surface area contributed by atoms with E-state index in [9.17, 15) is 9.90 Å². The number of fused-ring (bicyclic) bond motifs is 1. The number of pyridine rings is 1. The molecule has 2 heterocycles. The fourth-order valence-electron chi connectivity index (χ4n) is 4.99. The maximum absolute atomic E-state index is 13.3. The molecular formula is C26H32N4O2. The Morgan fingerprint density at radius 1 is 1.28 bits per heavy atom. The van der Waals surface area contributed by atoms with Crippen molar-refractivity contribution in [2.75, 3.05) is 7.05 Å². The van der Waals surface area contributed by atoms with Crippen LogP contribution in [0, 0.1) is 13.8 Å². The molecule has 2 atom stereocenters. The zero-order valence-electron chi connectivity index (χ0n) is 19.1. The molecule has 2 aromatic rings. The second-order valence-corrected chi connectivity index (χ2v) is 8.90. The zero-order chi connectivity index (χ0) is 22.8. The average Bonchev–Trinajstić information content (AvgIpc) is 3.13. The number of aromatic nitrogens is 1. The Morgan fingerprint density at radius 2 is 2.06 bits per heavy atom. The second-order valence-electron chi connectivity index (χ2n) is 8.90.